The SMILES string of the molecule is CC(C(=O)N(C)c1cc(C(F)(F)F)nn1-c1cccc(Cl)c1)c1cnc(C(=O)Nc2ccccc2)nc1. The lowest BCUT2D eigenvalue weighted by atomic mass is 10.0. The van der Waals surface area contributed by atoms with Crippen LogP contribution >= 0.6 is 11.6 Å². The van der Waals surface area contributed by atoms with E-state index in [1.165, 1.54) is 31.6 Å². The van der Waals surface area contributed by atoms with Crippen molar-refractivity contribution in [2.24, 2.45) is 0 Å². The molecule has 190 valence electrons. The average Bonchev–Trinajstić information content (AvgIpc) is 3.34. The van der Waals surface area contributed by atoms with Gasteiger partial charge in [0, 0.05) is 41.8 Å². The van der Waals surface area contributed by atoms with Crippen molar-refractivity contribution in [3.63, 3.8) is 0 Å². The number of para-hydroxylation sites is 1. The molecule has 0 radical (unpaired) electrons. The van der Waals surface area contributed by atoms with E-state index in [4.69, 9.17) is 11.6 Å². The lowest BCUT2D eigenvalue weighted by Crippen LogP contribution is -2.32. The minimum Gasteiger partial charge on any atom is -0.319 e. The third-order valence-corrected chi connectivity index (χ3v) is 5.72. The highest BCUT2D eigenvalue weighted by atomic mass is 35.5. The van der Waals surface area contributed by atoms with Crippen molar-refractivity contribution in [2.45, 2.75) is 19.0 Å². The second-order valence-corrected chi connectivity index (χ2v) is 8.49. The Morgan fingerprint density at radius 3 is 2.32 bits per heavy atom. The molecule has 12 heteroatoms. The van der Waals surface area contributed by atoms with E-state index >= 15 is 0 Å². The Balaban J connectivity index is 1.57. The van der Waals surface area contributed by atoms with Crippen LogP contribution in [0, 0.1) is 0 Å². The molecule has 0 saturated heterocycles. The van der Waals surface area contributed by atoms with Crippen molar-refractivity contribution in [1.82, 2.24) is 19.7 Å². The van der Waals surface area contributed by atoms with Crippen molar-refractivity contribution in [3.05, 3.63) is 95.2 Å². The van der Waals surface area contributed by atoms with E-state index in [9.17, 15) is 22.8 Å². The van der Waals surface area contributed by atoms with E-state index in [1.54, 1.807) is 43.3 Å². The maximum absolute atomic E-state index is 13.5. The largest absolute Gasteiger partial charge is 0.435 e. The predicted molar refractivity (Wildman–Crippen MR) is 132 cm³/mol. The van der Waals surface area contributed by atoms with Crippen LogP contribution in [0.3, 0.4) is 0 Å². The molecule has 4 rings (SSSR count). The first kappa shape index (κ1) is 25.8. The molecule has 0 bridgehead atoms. The highest BCUT2D eigenvalue weighted by Gasteiger charge is 2.36. The number of rotatable bonds is 6. The molecular formula is C25H20ClF3N6O2. The molecule has 8 nitrogen and oxygen atoms in total. The smallest absolute Gasteiger partial charge is 0.319 e. The van der Waals surface area contributed by atoms with Crippen LogP contribution in [-0.2, 0) is 11.0 Å². The third kappa shape index (κ3) is 5.78. The highest BCUT2D eigenvalue weighted by molar-refractivity contribution is 6.30. The van der Waals surface area contributed by atoms with Crippen molar-refractivity contribution in [3.8, 4) is 5.69 Å². The molecule has 2 amide bonds. The van der Waals surface area contributed by atoms with Crippen molar-refractivity contribution in [1.29, 1.82) is 0 Å². The van der Waals surface area contributed by atoms with Gasteiger partial charge in [-0.25, -0.2) is 14.6 Å². The van der Waals surface area contributed by atoms with Gasteiger partial charge in [-0.1, -0.05) is 35.9 Å². The van der Waals surface area contributed by atoms with E-state index < -0.39 is 29.6 Å². The first-order chi connectivity index (χ1) is 17.5. The number of hydrogen-bond acceptors (Lipinski definition) is 5. The van der Waals surface area contributed by atoms with Crippen LogP contribution in [0.1, 0.15) is 34.7 Å². The van der Waals surface area contributed by atoms with Gasteiger partial charge in [0.05, 0.1) is 11.6 Å². The van der Waals surface area contributed by atoms with Crippen LogP contribution in [0.2, 0.25) is 5.02 Å². The van der Waals surface area contributed by atoms with Crippen LogP contribution in [0.5, 0.6) is 0 Å². The van der Waals surface area contributed by atoms with Crippen molar-refractivity contribution >= 4 is 34.9 Å². The Bertz CT molecular complexity index is 1420. The first-order valence-electron chi connectivity index (χ1n) is 10.9. The van der Waals surface area contributed by atoms with Gasteiger partial charge >= 0.3 is 6.18 Å². The summed E-state index contributed by atoms with van der Waals surface area (Å²) in [6, 6.07) is 15.6. The fourth-order valence-electron chi connectivity index (χ4n) is 3.48. The number of carbonyl (C=O) groups is 2. The Morgan fingerprint density at radius 1 is 1.03 bits per heavy atom. The number of likely N-dealkylation sites (N-methyl/N-ethyl adjacent to an activating group) is 1. The van der Waals surface area contributed by atoms with Gasteiger partial charge in [0.2, 0.25) is 11.7 Å². The summed E-state index contributed by atoms with van der Waals surface area (Å²) >= 11 is 6.01. The first-order valence-corrected chi connectivity index (χ1v) is 11.3. The molecule has 0 fully saturated rings. The van der Waals surface area contributed by atoms with Gasteiger partial charge in [-0.3, -0.25) is 14.5 Å². The fraction of sp³-hybridized carbons (Fsp3) is 0.160. The zero-order chi connectivity index (χ0) is 26.7. The normalized spacial score (nSPS) is 12.2. The van der Waals surface area contributed by atoms with Gasteiger partial charge in [0.25, 0.3) is 5.91 Å². The van der Waals surface area contributed by atoms with Crippen LogP contribution < -0.4 is 10.2 Å². The molecule has 0 spiro atoms. The van der Waals surface area contributed by atoms with E-state index in [2.05, 4.69) is 20.4 Å². The summed E-state index contributed by atoms with van der Waals surface area (Å²) in [6.45, 7) is 1.56. The summed E-state index contributed by atoms with van der Waals surface area (Å²) < 4.78 is 41.4. The van der Waals surface area contributed by atoms with Crippen molar-refractivity contribution in [2.75, 3.05) is 17.3 Å². The molecule has 1 unspecified atom stereocenters. The molecule has 4 aromatic rings. The van der Waals surface area contributed by atoms with Crippen LogP contribution in [0.25, 0.3) is 5.69 Å². The third-order valence-electron chi connectivity index (χ3n) is 5.48. The van der Waals surface area contributed by atoms with E-state index in [0.29, 0.717) is 16.3 Å². The maximum Gasteiger partial charge on any atom is 0.435 e. The Hall–Kier alpha value is -4.25. The number of anilines is 2. The van der Waals surface area contributed by atoms with Crippen LogP contribution in [0.15, 0.2) is 73.1 Å². The number of aromatic nitrogens is 4. The summed E-state index contributed by atoms with van der Waals surface area (Å²) in [6.07, 6.45) is -2.06. The van der Waals surface area contributed by atoms with Gasteiger partial charge in [0.15, 0.2) is 5.69 Å². The Labute approximate surface area is 214 Å². The molecule has 2 heterocycles. The molecule has 2 aromatic heterocycles. The number of alkyl halides is 3. The lowest BCUT2D eigenvalue weighted by molar-refractivity contribution is -0.141. The number of amides is 2. The molecular weight excluding hydrogens is 509 g/mol. The molecule has 0 saturated carbocycles. The number of benzene rings is 2. The summed E-state index contributed by atoms with van der Waals surface area (Å²) in [5.41, 5.74) is 0.0344. The van der Waals surface area contributed by atoms with E-state index in [1.807, 2.05) is 6.07 Å². The zero-order valence-corrected chi connectivity index (χ0v) is 20.3. The molecule has 0 aliphatic rings. The number of nitrogens with one attached hydrogen (secondary N) is 1. The highest BCUT2D eigenvalue weighted by Crippen LogP contribution is 2.33. The summed E-state index contributed by atoms with van der Waals surface area (Å²) in [5.74, 6) is -2.12. The second-order valence-electron chi connectivity index (χ2n) is 8.06. The standard InChI is InChI=1S/C25H20ClF3N6O2/c1-15(16-13-30-22(31-14-16)23(36)32-18-8-4-3-5-9-18)24(37)34(2)21-12-20(25(27,28)29)33-35(21)19-10-6-7-17(26)11-19/h3-15H,1-2H3,(H,32,36). The van der Waals surface area contributed by atoms with E-state index in [0.717, 1.165) is 15.6 Å². The molecule has 0 aliphatic carbocycles. The summed E-state index contributed by atoms with van der Waals surface area (Å²) in [5, 5.41) is 6.62. The number of nitrogens with zero attached hydrogens (tertiary/aromatic N) is 5. The average molecular weight is 529 g/mol. The number of halogens is 4. The van der Waals surface area contributed by atoms with Crippen LogP contribution in [-0.4, -0.2) is 38.6 Å². The fourth-order valence-corrected chi connectivity index (χ4v) is 3.66. The summed E-state index contributed by atoms with van der Waals surface area (Å²) in [4.78, 5) is 34.8. The Morgan fingerprint density at radius 2 is 1.70 bits per heavy atom. The minimum atomic E-state index is -4.72. The monoisotopic (exact) mass is 528 g/mol. The van der Waals surface area contributed by atoms with Gasteiger partial charge in [-0.05, 0) is 37.3 Å². The molecule has 37 heavy (non-hydrogen) atoms. The van der Waals surface area contributed by atoms with Crippen molar-refractivity contribution < 1.29 is 22.8 Å². The minimum absolute atomic E-state index is 0.102. The molecule has 1 N–H and O–H groups in total. The lowest BCUT2D eigenvalue weighted by Gasteiger charge is -2.22. The predicted octanol–water partition coefficient (Wildman–Crippen LogP) is 5.35. The van der Waals surface area contributed by atoms with Gasteiger partial charge in [-0.2, -0.15) is 18.3 Å². The molecule has 0 aliphatic heterocycles. The van der Waals surface area contributed by atoms with Gasteiger partial charge in [0.1, 0.15) is 5.82 Å². The number of hydrogen-bond donors (Lipinski definition) is 1. The summed E-state index contributed by atoms with van der Waals surface area (Å²) in [7, 11) is 1.35. The number of carbonyl (C=O) groups excluding carboxylic acids is 2. The zero-order valence-electron chi connectivity index (χ0n) is 19.6. The van der Waals surface area contributed by atoms with Gasteiger partial charge in [-0.15, -0.1) is 0 Å². The Kier molecular flexibility index (Phi) is 7.25. The second kappa shape index (κ2) is 10.4. The molecule has 1 atom stereocenters. The van der Waals surface area contributed by atoms with Gasteiger partial charge < -0.3 is 5.32 Å². The van der Waals surface area contributed by atoms with Crippen LogP contribution in [0.4, 0.5) is 24.7 Å². The maximum atomic E-state index is 13.5. The van der Waals surface area contributed by atoms with E-state index in [-0.39, 0.29) is 17.3 Å². The molecule has 2 aromatic carbocycles. The topological polar surface area (TPSA) is 93.0 Å². The quantitative estimate of drug-likeness (QED) is 0.364.